The fourth-order valence-electron chi connectivity index (χ4n) is 3.51. The van der Waals surface area contributed by atoms with Gasteiger partial charge < -0.3 is 14.5 Å². The molecule has 33 heavy (non-hydrogen) atoms. The van der Waals surface area contributed by atoms with Gasteiger partial charge in [0.15, 0.2) is 8.32 Å². The summed E-state index contributed by atoms with van der Waals surface area (Å²) in [4.78, 5) is 27.8. The second-order valence-corrected chi connectivity index (χ2v) is 16.1. The Morgan fingerprint density at radius 3 is 2.21 bits per heavy atom. The topological polar surface area (TPSA) is 67.9 Å². The number of amides is 2. The van der Waals surface area contributed by atoms with Gasteiger partial charge in [0, 0.05) is 18.5 Å². The smallest absolute Gasteiger partial charge is 0.411 e. The fourth-order valence-corrected chi connectivity index (χ4v) is 4.87. The summed E-state index contributed by atoms with van der Waals surface area (Å²) >= 11 is 0. The van der Waals surface area contributed by atoms with Crippen molar-refractivity contribution >= 4 is 20.3 Å². The number of hydrogen-bond donors (Lipinski definition) is 1. The molecule has 1 aliphatic heterocycles. The second-order valence-electron chi connectivity index (χ2n) is 11.4. The summed E-state index contributed by atoms with van der Waals surface area (Å²) in [5.74, 6) is 2.38. The van der Waals surface area contributed by atoms with Crippen LogP contribution in [0.1, 0.15) is 72.1 Å². The Bertz CT molecular complexity index is 891. The predicted molar refractivity (Wildman–Crippen MR) is 134 cm³/mol. The zero-order chi connectivity index (χ0) is 25.2. The highest BCUT2D eigenvalue weighted by atomic mass is 28.4. The van der Waals surface area contributed by atoms with Crippen LogP contribution in [0.4, 0.5) is 4.79 Å². The van der Waals surface area contributed by atoms with Crippen molar-refractivity contribution in [3.05, 3.63) is 35.4 Å². The predicted octanol–water partition coefficient (Wildman–Crippen LogP) is 5.24. The van der Waals surface area contributed by atoms with Gasteiger partial charge in [0.05, 0.1) is 12.1 Å². The number of ether oxygens (including phenoxy) is 1. The van der Waals surface area contributed by atoms with Crippen LogP contribution < -0.4 is 5.32 Å². The lowest BCUT2D eigenvalue weighted by Crippen LogP contribution is -2.48. The van der Waals surface area contributed by atoms with Crippen molar-refractivity contribution in [1.82, 2.24) is 10.2 Å². The number of benzene rings is 1. The normalized spacial score (nSPS) is 20.2. The maximum Gasteiger partial charge on any atom is 0.411 e. The van der Waals surface area contributed by atoms with E-state index >= 15 is 0 Å². The molecule has 7 heteroatoms. The molecule has 0 spiro atoms. The summed E-state index contributed by atoms with van der Waals surface area (Å²) in [5, 5.41) is 3.08. The maximum absolute atomic E-state index is 13.3. The third-order valence-corrected chi connectivity index (χ3v) is 10.9. The fraction of sp³-hybridized carbons (Fsp3) is 0.615. The first-order chi connectivity index (χ1) is 15.0. The van der Waals surface area contributed by atoms with Crippen LogP contribution >= 0.6 is 0 Å². The molecule has 1 fully saturated rings. The monoisotopic (exact) mass is 472 g/mol. The third-order valence-electron chi connectivity index (χ3n) is 6.40. The minimum absolute atomic E-state index is 0.0309. The number of likely N-dealkylation sites (tertiary alicyclic amines) is 1. The average molecular weight is 473 g/mol. The molecule has 0 unspecified atom stereocenters. The summed E-state index contributed by atoms with van der Waals surface area (Å²) in [7, 11) is -2.07. The third kappa shape index (κ3) is 7.09. The first kappa shape index (κ1) is 26.9. The van der Waals surface area contributed by atoms with E-state index in [4.69, 9.17) is 15.6 Å². The van der Waals surface area contributed by atoms with Crippen molar-refractivity contribution in [2.75, 3.05) is 6.54 Å². The molecule has 0 aliphatic carbocycles. The van der Waals surface area contributed by atoms with Crippen LogP contribution in [0.5, 0.6) is 0 Å². The van der Waals surface area contributed by atoms with E-state index < -0.39 is 26.1 Å². The number of terminal acetylenes is 1. The number of hydrogen-bond acceptors (Lipinski definition) is 4. The molecular weight excluding hydrogens is 432 g/mol. The number of nitrogens with one attached hydrogen (secondary N) is 1. The summed E-state index contributed by atoms with van der Waals surface area (Å²) in [6.07, 6.45) is 5.18. The Morgan fingerprint density at radius 2 is 1.73 bits per heavy atom. The molecule has 1 heterocycles. The molecule has 2 amide bonds. The van der Waals surface area contributed by atoms with Gasteiger partial charge in [-0.05, 0) is 63.5 Å². The lowest BCUT2D eigenvalue weighted by atomic mass is 10.1. The molecular formula is C26H40N2O4Si. The number of carbonyl (C=O) groups excluding carboxylic acids is 2. The Kier molecular flexibility index (Phi) is 8.09. The van der Waals surface area contributed by atoms with E-state index in [1.807, 2.05) is 52.0 Å². The highest BCUT2D eigenvalue weighted by Crippen LogP contribution is 2.39. The molecule has 1 saturated heterocycles. The molecule has 0 radical (unpaired) electrons. The van der Waals surface area contributed by atoms with E-state index in [0.717, 1.165) is 11.1 Å². The molecule has 2 rings (SSSR count). The van der Waals surface area contributed by atoms with E-state index in [2.05, 4.69) is 45.1 Å². The van der Waals surface area contributed by atoms with Gasteiger partial charge in [0.25, 0.3) is 0 Å². The summed E-state index contributed by atoms with van der Waals surface area (Å²) in [6.45, 7) is 18.6. The van der Waals surface area contributed by atoms with Crippen LogP contribution in [-0.4, -0.2) is 49.5 Å². The van der Waals surface area contributed by atoms with Crippen LogP contribution in [0.3, 0.4) is 0 Å². The largest absolute Gasteiger partial charge is 0.444 e. The van der Waals surface area contributed by atoms with E-state index in [0.29, 0.717) is 13.0 Å². The zero-order valence-corrected chi connectivity index (χ0v) is 22.6. The van der Waals surface area contributed by atoms with Crippen molar-refractivity contribution < 1.29 is 18.8 Å². The molecule has 0 aromatic heterocycles. The van der Waals surface area contributed by atoms with Gasteiger partial charge in [-0.1, -0.05) is 38.8 Å². The van der Waals surface area contributed by atoms with Gasteiger partial charge in [-0.15, -0.1) is 6.42 Å². The summed E-state index contributed by atoms with van der Waals surface area (Å²) in [5.41, 5.74) is 1.08. The Balaban J connectivity index is 2.20. The number of rotatable bonds is 5. The Labute approximate surface area is 200 Å². The van der Waals surface area contributed by atoms with E-state index in [-0.39, 0.29) is 23.1 Å². The van der Waals surface area contributed by atoms with Crippen LogP contribution in [0.15, 0.2) is 24.3 Å². The average Bonchev–Trinajstić information content (AvgIpc) is 3.09. The minimum Gasteiger partial charge on any atom is -0.444 e. The Hall–Kier alpha value is -2.30. The van der Waals surface area contributed by atoms with Gasteiger partial charge in [-0.2, -0.15) is 0 Å². The van der Waals surface area contributed by atoms with Gasteiger partial charge in [0.2, 0.25) is 5.91 Å². The van der Waals surface area contributed by atoms with Crippen LogP contribution in [0, 0.1) is 12.3 Å². The van der Waals surface area contributed by atoms with Crippen molar-refractivity contribution in [2.24, 2.45) is 0 Å². The highest BCUT2D eigenvalue weighted by molar-refractivity contribution is 6.74. The molecule has 1 N–H and O–H groups in total. The lowest BCUT2D eigenvalue weighted by Gasteiger charge is -2.38. The highest BCUT2D eigenvalue weighted by Gasteiger charge is 2.46. The van der Waals surface area contributed by atoms with E-state index in [1.54, 1.807) is 0 Å². The number of nitrogens with zero attached hydrogens (tertiary/aromatic N) is 1. The molecule has 6 nitrogen and oxygen atoms in total. The first-order valence-electron chi connectivity index (χ1n) is 11.6. The van der Waals surface area contributed by atoms with E-state index in [9.17, 15) is 9.59 Å². The molecule has 0 bridgehead atoms. The Morgan fingerprint density at radius 1 is 1.15 bits per heavy atom. The SMILES string of the molecule is C#Cc1ccc([C@H](C)NC(=O)[C@@H]2C[C@@H](O[Si](C)(C)C(C)(C)C)CN2C(=O)OC(C)(C)C)cc1. The van der Waals surface area contributed by atoms with Crippen LogP contribution in [0.25, 0.3) is 0 Å². The molecule has 3 atom stereocenters. The van der Waals surface area contributed by atoms with E-state index in [1.165, 1.54) is 4.90 Å². The quantitative estimate of drug-likeness (QED) is 0.470. The van der Waals surface area contributed by atoms with Gasteiger partial charge >= 0.3 is 6.09 Å². The van der Waals surface area contributed by atoms with Crippen molar-refractivity contribution in [1.29, 1.82) is 0 Å². The van der Waals surface area contributed by atoms with Crippen LogP contribution in [0.2, 0.25) is 18.1 Å². The van der Waals surface area contributed by atoms with Crippen molar-refractivity contribution in [3.63, 3.8) is 0 Å². The summed E-state index contributed by atoms with van der Waals surface area (Å²) in [6, 6.07) is 6.63. The van der Waals surface area contributed by atoms with Crippen LogP contribution in [-0.2, 0) is 14.0 Å². The molecule has 1 aromatic carbocycles. The first-order valence-corrected chi connectivity index (χ1v) is 14.5. The van der Waals surface area contributed by atoms with Gasteiger partial charge in [0.1, 0.15) is 11.6 Å². The molecule has 182 valence electrons. The van der Waals surface area contributed by atoms with Crippen molar-refractivity contribution in [3.8, 4) is 12.3 Å². The standard InChI is InChI=1S/C26H40N2O4Si/c1-11-19-12-14-20(15-13-19)18(2)27-23(29)22-16-21(32-33(9,10)26(6,7)8)17-28(22)24(30)31-25(3,4)5/h1,12-15,18,21-22H,16-17H2,2-10H3,(H,27,29)/t18-,21+,22-/m0/s1. The van der Waals surface area contributed by atoms with Gasteiger partial charge in [-0.3, -0.25) is 9.69 Å². The number of carbonyl (C=O) groups is 2. The van der Waals surface area contributed by atoms with Gasteiger partial charge in [-0.25, -0.2) is 4.79 Å². The zero-order valence-electron chi connectivity index (χ0n) is 21.6. The second kappa shape index (κ2) is 9.90. The minimum atomic E-state index is -2.07. The maximum atomic E-state index is 13.3. The molecule has 0 saturated carbocycles. The molecule has 1 aliphatic rings. The lowest BCUT2D eigenvalue weighted by molar-refractivity contribution is -0.126. The molecule has 1 aromatic rings. The summed E-state index contributed by atoms with van der Waals surface area (Å²) < 4.78 is 12.2. The van der Waals surface area contributed by atoms with Crippen molar-refractivity contribution in [2.45, 2.75) is 96.8 Å².